The maximum atomic E-state index is 12.2. The number of ether oxygens (including phenoxy) is 3. The summed E-state index contributed by atoms with van der Waals surface area (Å²) >= 11 is 0. The van der Waals surface area contributed by atoms with Crippen molar-refractivity contribution in [1.82, 2.24) is 5.32 Å². The minimum atomic E-state index is -0.651. The molecule has 0 bridgehead atoms. The third-order valence-corrected chi connectivity index (χ3v) is 8.51. The van der Waals surface area contributed by atoms with Crippen LogP contribution in [0, 0.1) is 0 Å². The van der Waals surface area contributed by atoms with E-state index in [0.29, 0.717) is 19.5 Å². The standard InChI is InChI=1S/C30H56N2O6S2/c1-3-4-5-6-7-8-9-10-11-12-13-14-15-16-17-18-30(35)38-27(25-36-2)26-37-29(34)20-19-28(33)32-22-24-40-39-23-21-31/h10-11,27H,3-9,12-26,31H2,1-2H3,(H,32,33)/b11-10-/t27-/m1/s1. The van der Waals surface area contributed by atoms with Gasteiger partial charge in [0.2, 0.25) is 5.91 Å². The molecule has 1 amide bonds. The largest absolute Gasteiger partial charge is 0.462 e. The first-order chi connectivity index (χ1) is 19.5. The molecule has 0 aromatic rings. The molecule has 10 heteroatoms. The van der Waals surface area contributed by atoms with Crippen LogP contribution in [0.2, 0.25) is 0 Å². The number of esters is 2. The van der Waals surface area contributed by atoms with Gasteiger partial charge in [-0.3, -0.25) is 14.4 Å². The number of methoxy groups -OCH3 is 1. The van der Waals surface area contributed by atoms with E-state index >= 15 is 0 Å². The lowest BCUT2D eigenvalue weighted by Gasteiger charge is -2.17. The van der Waals surface area contributed by atoms with Crippen LogP contribution in [0.4, 0.5) is 0 Å². The van der Waals surface area contributed by atoms with Crippen molar-refractivity contribution >= 4 is 39.4 Å². The predicted octanol–water partition coefficient (Wildman–Crippen LogP) is 6.36. The molecule has 0 spiro atoms. The lowest BCUT2D eigenvalue weighted by molar-refractivity contribution is -0.162. The Bertz CT molecular complexity index is 652. The van der Waals surface area contributed by atoms with Crippen LogP contribution in [0.15, 0.2) is 12.2 Å². The molecule has 1 atom stereocenters. The fourth-order valence-corrected chi connectivity index (χ4v) is 5.61. The van der Waals surface area contributed by atoms with Gasteiger partial charge in [0.15, 0.2) is 6.10 Å². The molecule has 8 nitrogen and oxygen atoms in total. The van der Waals surface area contributed by atoms with E-state index < -0.39 is 12.1 Å². The quantitative estimate of drug-likeness (QED) is 0.0435. The first kappa shape index (κ1) is 38.8. The Morgan fingerprint density at radius 1 is 0.775 bits per heavy atom. The van der Waals surface area contributed by atoms with Crippen molar-refractivity contribution in [3.05, 3.63) is 12.2 Å². The molecule has 0 radical (unpaired) electrons. The monoisotopic (exact) mass is 604 g/mol. The lowest BCUT2D eigenvalue weighted by atomic mass is 10.1. The molecule has 0 aromatic carbocycles. The van der Waals surface area contributed by atoms with Crippen LogP contribution in [-0.2, 0) is 28.6 Å². The number of hydrogen-bond acceptors (Lipinski definition) is 9. The number of amides is 1. The summed E-state index contributed by atoms with van der Waals surface area (Å²) in [5.74, 6) is 0.653. The van der Waals surface area contributed by atoms with Gasteiger partial charge in [-0.05, 0) is 32.1 Å². The minimum Gasteiger partial charge on any atom is -0.462 e. The molecule has 0 rings (SSSR count). The van der Waals surface area contributed by atoms with E-state index in [1.807, 2.05) is 0 Å². The first-order valence-corrected chi connectivity index (χ1v) is 17.7. The van der Waals surface area contributed by atoms with Crippen LogP contribution in [0.1, 0.15) is 110 Å². The fourth-order valence-electron chi connectivity index (χ4n) is 3.85. The molecule has 0 aliphatic carbocycles. The summed E-state index contributed by atoms with van der Waals surface area (Å²) in [4.78, 5) is 36.1. The summed E-state index contributed by atoms with van der Waals surface area (Å²) in [5.41, 5.74) is 5.43. The SMILES string of the molecule is CCCCCCCC/C=C\CCCCCCCC(=O)O[C@H](COC)COC(=O)CCC(=O)NCCSSCCN. The van der Waals surface area contributed by atoms with E-state index in [1.54, 1.807) is 21.6 Å². The number of nitrogens with two attached hydrogens (primary N) is 1. The molecule has 0 heterocycles. The summed E-state index contributed by atoms with van der Waals surface area (Å²) in [7, 11) is 4.83. The highest BCUT2D eigenvalue weighted by atomic mass is 33.1. The smallest absolute Gasteiger partial charge is 0.306 e. The Morgan fingerprint density at radius 3 is 2.05 bits per heavy atom. The zero-order valence-electron chi connectivity index (χ0n) is 25.1. The molecular formula is C30H56N2O6S2. The molecule has 0 aromatic heterocycles. The molecular weight excluding hydrogens is 548 g/mol. The number of carbonyl (C=O) groups is 3. The summed E-state index contributed by atoms with van der Waals surface area (Å²) in [6.07, 6.45) is 20.0. The second-order valence-electron chi connectivity index (χ2n) is 9.87. The van der Waals surface area contributed by atoms with Gasteiger partial charge in [0.25, 0.3) is 0 Å². The summed E-state index contributed by atoms with van der Waals surface area (Å²) in [5, 5.41) is 2.78. The molecule has 0 saturated carbocycles. The zero-order chi connectivity index (χ0) is 29.5. The van der Waals surface area contributed by atoms with Crippen molar-refractivity contribution in [3.8, 4) is 0 Å². The number of rotatable bonds is 29. The van der Waals surface area contributed by atoms with E-state index in [4.69, 9.17) is 19.9 Å². The summed E-state index contributed by atoms with van der Waals surface area (Å²) in [6.45, 7) is 3.49. The summed E-state index contributed by atoms with van der Waals surface area (Å²) in [6, 6.07) is 0. The number of carbonyl (C=O) groups excluding carboxylic acids is 3. The minimum absolute atomic E-state index is 0.0243. The average molecular weight is 605 g/mol. The molecule has 0 aliphatic rings. The van der Waals surface area contributed by atoms with E-state index in [1.165, 1.54) is 64.9 Å². The van der Waals surface area contributed by atoms with Gasteiger partial charge in [-0.15, -0.1) is 0 Å². The molecule has 3 N–H and O–H groups in total. The maximum absolute atomic E-state index is 12.2. The van der Waals surface area contributed by atoms with Gasteiger partial charge in [0.1, 0.15) is 6.61 Å². The van der Waals surface area contributed by atoms with Gasteiger partial charge in [-0.25, -0.2) is 0 Å². The highest BCUT2D eigenvalue weighted by molar-refractivity contribution is 8.76. The van der Waals surface area contributed by atoms with E-state index in [-0.39, 0.29) is 37.9 Å². The molecule has 0 unspecified atom stereocenters. The van der Waals surface area contributed by atoms with Crippen molar-refractivity contribution in [1.29, 1.82) is 0 Å². The highest BCUT2D eigenvalue weighted by Crippen LogP contribution is 2.18. The molecule has 40 heavy (non-hydrogen) atoms. The van der Waals surface area contributed by atoms with E-state index in [0.717, 1.165) is 37.2 Å². The van der Waals surface area contributed by atoms with Crippen molar-refractivity contribution in [2.24, 2.45) is 5.73 Å². The van der Waals surface area contributed by atoms with Crippen LogP contribution < -0.4 is 11.1 Å². The third kappa shape index (κ3) is 28.3. The topological polar surface area (TPSA) is 117 Å². The van der Waals surface area contributed by atoms with E-state index in [9.17, 15) is 14.4 Å². The Morgan fingerprint density at radius 2 is 1.40 bits per heavy atom. The Labute approximate surface area is 251 Å². The van der Waals surface area contributed by atoms with Gasteiger partial charge in [-0.1, -0.05) is 92.0 Å². The van der Waals surface area contributed by atoms with Gasteiger partial charge in [-0.2, -0.15) is 0 Å². The number of nitrogens with one attached hydrogen (secondary N) is 1. The first-order valence-electron chi connectivity index (χ1n) is 15.2. The lowest BCUT2D eigenvalue weighted by Crippen LogP contribution is -2.30. The van der Waals surface area contributed by atoms with Gasteiger partial charge < -0.3 is 25.3 Å². The Hall–Kier alpha value is -1.23. The van der Waals surface area contributed by atoms with Crippen LogP contribution in [0.25, 0.3) is 0 Å². The third-order valence-electron chi connectivity index (χ3n) is 6.07. The summed E-state index contributed by atoms with van der Waals surface area (Å²) < 4.78 is 15.7. The Kier molecular flexibility index (Phi) is 29.8. The van der Waals surface area contributed by atoms with Crippen molar-refractivity contribution in [2.75, 3.05) is 44.9 Å². The predicted molar refractivity (Wildman–Crippen MR) is 168 cm³/mol. The van der Waals surface area contributed by atoms with Crippen molar-refractivity contribution < 1.29 is 28.6 Å². The molecule has 0 saturated heterocycles. The van der Waals surface area contributed by atoms with Crippen molar-refractivity contribution in [3.63, 3.8) is 0 Å². The van der Waals surface area contributed by atoms with Crippen molar-refractivity contribution in [2.45, 2.75) is 116 Å². The van der Waals surface area contributed by atoms with Gasteiger partial charge in [0.05, 0.1) is 13.0 Å². The number of hydrogen-bond donors (Lipinski definition) is 2. The highest BCUT2D eigenvalue weighted by Gasteiger charge is 2.17. The fraction of sp³-hybridized carbons (Fsp3) is 0.833. The number of allylic oxidation sites excluding steroid dienone is 2. The molecule has 234 valence electrons. The van der Waals surface area contributed by atoms with Crippen LogP contribution in [0.3, 0.4) is 0 Å². The molecule has 0 aliphatic heterocycles. The zero-order valence-corrected chi connectivity index (χ0v) is 26.8. The molecule has 0 fully saturated rings. The normalized spacial score (nSPS) is 12.0. The van der Waals surface area contributed by atoms with E-state index in [2.05, 4.69) is 24.4 Å². The van der Waals surface area contributed by atoms with Crippen LogP contribution in [-0.4, -0.2) is 68.9 Å². The maximum Gasteiger partial charge on any atom is 0.306 e. The van der Waals surface area contributed by atoms with Crippen LogP contribution in [0.5, 0.6) is 0 Å². The average Bonchev–Trinajstić information content (AvgIpc) is 2.94. The Balaban J connectivity index is 3.79. The van der Waals surface area contributed by atoms with Gasteiger partial charge >= 0.3 is 11.9 Å². The van der Waals surface area contributed by atoms with Gasteiger partial charge in [0, 0.05) is 44.5 Å². The number of unbranched alkanes of at least 4 members (excludes halogenated alkanes) is 11. The second-order valence-corrected chi connectivity index (χ2v) is 12.6. The second kappa shape index (κ2) is 30.7. The van der Waals surface area contributed by atoms with Crippen LogP contribution >= 0.6 is 21.6 Å².